The van der Waals surface area contributed by atoms with Gasteiger partial charge in [0, 0.05) is 0 Å². The van der Waals surface area contributed by atoms with Crippen molar-refractivity contribution in [2.45, 2.75) is 44.6 Å². The van der Waals surface area contributed by atoms with Crippen LogP contribution in [0.25, 0.3) is 0 Å². The van der Waals surface area contributed by atoms with Crippen molar-refractivity contribution in [3.05, 3.63) is 24.8 Å². The normalized spacial score (nSPS) is 19.8. The Bertz CT molecular complexity index is 246. The van der Waals surface area contributed by atoms with Gasteiger partial charge in [0.25, 0.3) is 0 Å². The van der Waals surface area contributed by atoms with Gasteiger partial charge in [-0.1, -0.05) is 25.0 Å². The Morgan fingerprint density at radius 1 is 1.25 bits per heavy atom. The van der Waals surface area contributed by atoms with Crippen molar-refractivity contribution in [2.24, 2.45) is 0 Å². The highest BCUT2D eigenvalue weighted by molar-refractivity contribution is 5.62. The number of cyclic esters (lactones) is 2. The van der Waals surface area contributed by atoms with E-state index < -0.39 is 6.16 Å². The number of hydrogen-bond donors (Lipinski definition) is 0. The van der Waals surface area contributed by atoms with E-state index in [1.165, 1.54) is 25.7 Å². The first-order valence-corrected chi connectivity index (χ1v) is 5.94. The van der Waals surface area contributed by atoms with Crippen LogP contribution < -0.4 is 0 Å². The maximum Gasteiger partial charge on any atom is 0.509 e. The monoisotopic (exact) mass is 224 g/mol. The lowest BCUT2D eigenvalue weighted by Gasteiger charge is -1.99. The zero-order valence-corrected chi connectivity index (χ0v) is 9.69. The van der Waals surface area contributed by atoms with Gasteiger partial charge in [0.15, 0.2) is 6.10 Å². The lowest BCUT2D eigenvalue weighted by Crippen LogP contribution is -2.04. The van der Waals surface area contributed by atoms with Gasteiger partial charge >= 0.3 is 6.16 Å². The van der Waals surface area contributed by atoms with Gasteiger partial charge in [0.2, 0.25) is 0 Å². The van der Waals surface area contributed by atoms with Crippen LogP contribution in [-0.2, 0) is 9.47 Å². The number of carbonyl (C=O) groups is 1. The predicted molar refractivity (Wildman–Crippen MR) is 63.3 cm³/mol. The highest BCUT2D eigenvalue weighted by atomic mass is 16.8. The molecule has 0 spiro atoms. The molecule has 90 valence electrons. The van der Waals surface area contributed by atoms with Crippen molar-refractivity contribution in [3.63, 3.8) is 0 Å². The summed E-state index contributed by atoms with van der Waals surface area (Å²) in [5.74, 6) is 0. The average Bonchev–Trinajstić information content (AvgIpc) is 2.68. The molecule has 1 rings (SSSR count). The van der Waals surface area contributed by atoms with Crippen LogP contribution >= 0.6 is 0 Å². The predicted octanol–water partition coefficient (Wildman–Crippen LogP) is 3.60. The van der Waals surface area contributed by atoms with E-state index in [-0.39, 0.29) is 6.10 Å². The number of ether oxygens (including phenoxy) is 2. The first-order valence-electron chi connectivity index (χ1n) is 5.94. The summed E-state index contributed by atoms with van der Waals surface area (Å²) >= 11 is 0. The molecule has 0 bridgehead atoms. The highest BCUT2D eigenvalue weighted by Gasteiger charge is 2.21. The molecule has 0 radical (unpaired) electrons. The van der Waals surface area contributed by atoms with E-state index in [4.69, 9.17) is 4.74 Å². The summed E-state index contributed by atoms with van der Waals surface area (Å²) in [4.78, 5) is 10.6. The van der Waals surface area contributed by atoms with E-state index >= 15 is 0 Å². The maximum absolute atomic E-state index is 10.6. The van der Waals surface area contributed by atoms with Crippen LogP contribution in [0.2, 0.25) is 0 Å². The summed E-state index contributed by atoms with van der Waals surface area (Å²) in [5.41, 5.74) is 0. The minimum Gasteiger partial charge on any atom is -0.430 e. The molecule has 1 atom stereocenters. The van der Waals surface area contributed by atoms with E-state index in [0.717, 1.165) is 12.8 Å². The van der Waals surface area contributed by atoms with Crippen molar-refractivity contribution >= 4 is 6.16 Å². The van der Waals surface area contributed by atoms with Gasteiger partial charge in [0.05, 0.1) is 0 Å². The second-order valence-electron chi connectivity index (χ2n) is 3.93. The van der Waals surface area contributed by atoms with E-state index in [1.54, 1.807) is 0 Å². The Labute approximate surface area is 97.1 Å². The van der Waals surface area contributed by atoms with Gasteiger partial charge in [-0.25, -0.2) is 4.79 Å². The first-order chi connectivity index (χ1) is 7.83. The molecular formula is C13H20O3. The lowest BCUT2D eigenvalue weighted by molar-refractivity contribution is 0.125. The minimum atomic E-state index is -0.556. The topological polar surface area (TPSA) is 35.5 Å². The number of hydrogen-bond acceptors (Lipinski definition) is 3. The lowest BCUT2D eigenvalue weighted by atomic mass is 10.1. The summed E-state index contributed by atoms with van der Waals surface area (Å²) in [6.07, 6.45) is 12.3. The van der Waals surface area contributed by atoms with Crippen LogP contribution in [0.5, 0.6) is 0 Å². The smallest absolute Gasteiger partial charge is 0.430 e. The Kier molecular flexibility index (Phi) is 6.38. The number of allylic oxidation sites excluding steroid dienone is 2. The number of rotatable bonds is 8. The molecule has 0 N–H and O–H groups in total. The zero-order chi connectivity index (χ0) is 11.6. The second-order valence-corrected chi connectivity index (χ2v) is 3.93. The van der Waals surface area contributed by atoms with Crippen LogP contribution in [0.3, 0.4) is 0 Å². The van der Waals surface area contributed by atoms with Gasteiger partial charge in [-0.3, -0.25) is 0 Å². The van der Waals surface area contributed by atoms with Crippen molar-refractivity contribution in [2.75, 3.05) is 6.61 Å². The molecule has 0 saturated carbocycles. The fourth-order valence-corrected chi connectivity index (χ4v) is 1.59. The van der Waals surface area contributed by atoms with E-state index in [2.05, 4.69) is 17.4 Å². The fraction of sp³-hybridized carbons (Fsp3) is 0.615. The van der Waals surface area contributed by atoms with Crippen LogP contribution in [0.15, 0.2) is 24.8 Å². The van der Waals surface area contributed by atoms with Crippen molar-refractivity contribution < 1.29 is 14.3 Å². The molecule has 1 saturated heterocycles. The molecule has 0 aliphatic carbocycles. The summed E-state index contributed by atoms with van der Waals surface area (Å²) in [5, 5.41) is 0. The minimum absolute atomic E-state index is 0.173. The molecular weight excluding hydrogens is 204 g/mol. The maximum atomic E-state index is 10.6. The van der Waals surface area contributed by atoms with Crippen molar-refractivity contribution in [3.8, 4) is 0 Å². The van der Waals surface area contributed by atoms with Crippen LogP contribution in [0.1, 0.15) is 38.5 Å². The largest absolute Gasteiger partial charge is 0.509 e. The zero-order valence-electron chi connectivity index (χ0n) is 9.69. The molecule has 16 heavy (non-hydrogen) atoms. The van der Waals surface area contributed by atoms with Crippen molar-refractivity contribution in [1.82, 2.24) is 0 Å². The Hall–Kier alpha value is -1.25. The number of carbonyl (C=O) groups excluding carboxylic acids is 1. The molecule has 0 aromatic heterocycles. The summed E-state index contributed by atoms with van der Waals surface area (Å²) in [6.45, 7) is 4.05. The van der Waals surface area contributed by atoms with E-state index in [1.807, 2.05) is 12.2 Å². The standard InChI is InChI=1S/C13H20O3/c1-2-3-4-5-6-7-8-9-10-12-11-15-13(14)16-12/h2,9-10,12H,1,3-8,11H2/b10-9+. The molecule has 1 fully saturated rings. The summed E-state index contributed by atoms with van der Waals surface area (Å²) < 4.78 is 9.53. The van der Waals surface area contributed by atoms with Crippen LogP contribution in [-0.4, -0.2) is 18.9 Å². The third-order valence-electron chi connectivity index (χ3n) is 2.49. The molecule has 3 nitrogen and oxygen atoms in total. The molecule has 1 aliphatic rings. The third-order valence-corrected chi connectivity index (χ3v) is 2.49. The van der Waals surface area contributed by atoms with Gasteiger partial charge < -0.3 is 9.47 Å². The summed E-state index contributed by atoms with van der Waals surface area (Å²) in [7, 11) is 0. The van der Waals surface area contributed by atoms with Gasteiger partial charge in [-0.15, -0.1) is 6.58 Å². The Balaban J connectivity index is 1.92. The van der Waals surface area contributed by atoms with Gasteiger partial charge in [-0.2, -0.15) is 0 Å². The van der Waals surface area contributed by atoms with Crippen molar-refractivity contribution in [1.29, 1.82) is 0 Å². The first kappa shape index (κ1) is 12.8. The Morgan fingerprint density at radius 2 is 2.00 bits per heavy atom. The molecule has 1 heterocycles. The van der Waals surface area contributed by atoms with Gasteiger partial charge in [-0.05, 0) is 31.8 Å². The number of unbranched alkanes of at least 4 members (excludes halogenated alkanes) is 5. The van der Waals surface area contributed by atoms with Crippen LogP contribution in [0, 0.1) is 0 Å². The molecule has 0 aromatic rings. The van der Waals surface area contributed by atoms with Crippen LogP contribution in [0.4, 0.5) is 4.79 Å². The van der Waals surface area contributed by atoms with E-state index in [0.29, 0.717) is 6.61 Å². The molecule has 3 heteroatoms. The molecule has 0 aromatic carbocycles. The fourth-order valence-electron chi connectivity index (χ4n) is 1.59. The highest BCUT2D eigenvalue weighted by Crippen LogP contribution is 2.09. The third kappa shape index (κ3) is 5.59. The SMILES string of the molecule is C=CCCCCCC/C=C/C1COC(=O)O1. The van der Waals surface area contributed by atoms with Gasteiger partial charge in [0.1, 0.15) is 6.61 Å². The second kappa shape index (κ2) is 7.97. The molecule has 1 aliphatic heterocycles. The quantitative estimate of drug-likeness (QED) is 0.359. The molecule has 0 amide bonds. The Morgan fingerprint density at radius 3 is 2.62 bits per heavy atom. The summed E-state index contributed by atoms with van der Waals surface area (Å²) in [6, 6.07) is 0. The van der Waals surface area contributed by atoms with E-state index in [9.17, 15) is 4.79 Å². The molecule has 1 unspecified atom stereocenters. The average molecular weight is 224 g/mol.